The van der Waals surface area contributed by atoms with Crippen LogP contribution in [0.15, 0.2) is 12.2 Å². The second-order valence-corrected chi connectivity index (χ2v) is 4.07. The summed E-state index contributed by atoms with van der Waals surface area (Å²) < 4.78 is 5.03. The van der Waals surface area contributed by atoms with E-state index in [4.69, 9.17) is 9.84 Å². The lowest BCUT2D eigenvalue weighted by Crippen LogP contribution is -2.15. The predicted molar refractivity (Wildman–Crippen MR) is 60.0 cm³/mol. The average molecular weight is 228 g/mol. The SMILES string of the molecule is CCCC(=O)CC/C=C/[C@H](O)[C@H]1O[C@H]1CO. The molecule has 1 heterocycles. The molecule has 0 radical (unpaired) electrons. The number of rotatable bonds is 8. The largest absolute Gasteiger partial charge is 0.394 e. The smallest absolute Gasteiger partial charge is 0.133 e. The first-order valence-electron chi connectivity index (χ1n) is 5.81. The minimum absolute atomic E-state index is 0.0510. The molecule has 0 saturated carbocycles. The maximum absolute atomic E-state index is 11.2. The van der Waals surface area contributed by atoms with E-state index in [1.807, 2.05) is 6.92 Å². The number of epoxide rings is 1. The molecule has 0 amide bonds. The molecule has 0 aliphatic carbocycles. The van der Waals surface area contributed by atoms with Crippen molar-refractivity contribution in [1.82, 2.24) is 0 Å². The summed E-state index contributed by atoms with van der Waals surface area (Å²) in [6, 6.07) is 0. The molecule has 1 aliphatic rings. The Kier molecular flexibility index (Phi) is 5.66. The monoisotopic (exact) mass is 228 g/mol. The van der Waals surface area contributed by atoms with Gasteiger partial charge in [0.15, 0.2) is 0 Å². The van der Waals surface area contributed by atoms with Crippen molar-refractivity contribution in [2.24, 2.45) is 0 Å². The number of aliphatic hydroxyl groups excluding tert-OH is 2. The number of ether oxygens (including phenoxy) is 1. The highest BCUT2D eigenvalue weighted by molar-refractivity contribution is 5.78. The Morgan fingerprint density at radius 2 is 2.25 bits per heavy atom. The van der Waals surface area contributed by atoms with Crippen molar-refractivity contribution < 1.29 is 19.7 Å². The molecule has 0 aromatic carbocycles. The third-order valence-corrected chi connectivity index (χ3v) is 2.59. The van der Waals surface area contributed by atoms with Gasteiger partial charge in [0.05, 0.1) is 6.61 Å². The molecule has 4 heteroatoms. The van der Waals surface area contributed by atoms with Gasteiger partial charge in [-0.25, -0.2) is 0 Å². The number of carbonyl (C=O) groups excluding carboxylic acids is 1. The molecule has 0 unspecified atom stereocenters. The normalized spacial score (nSPS) is 25.9. The van der Waals surface area contributed by atoms with Gasteiger partial charge in [-0.3, -0.25) is 4.79 Å². The lowest BCUT2D eigenvalue weighted by molar-refractivity contribution is -0.119. The molecule has 1 fully saturated rings. The fraction of sp³-hybridized carbons (Fsp3) is 0.750. The minimum atomic E-state index is -0.668. The highest BCUT2D eigenvalue weighted by Gasteiger charge is 2.42. The molecule has 0 bridgehead atoms. The molecule has 0 spiro atoms. The molecular weight excluding hydrogens is 208 g/mol. The third kappa shape index (κ3) is 4.43. The van der Waals surface area contributed by atoms with E-state index in [1.165, 1.54) is 0 Å². The second-order valence-electron chi connectivity index (χ2n) is 4.07. The highest BCUT2D eigenvalue weighted by Crippen LogP contribution is 2.25. The van der Waals surface area contributed by atoms with E-state index in [0.29, 0.717) is 19.3 Å². The minimum Gasteiger partial charge on any atom is -0.394 e. The van der Waals surface area contributed by atoms with Gasteiger partial charge < -0.3 is 14.9 Å². The quantitative estimate of drug-likeness (QED) is 0.476. The number of hydrogen-bond donors (Lipinski definition) is 2. The highest BCUT2D eigenvalue weighted by atomic mass is 16.6. The van der Waals surface area contributed by atoms with E-state index < -0.39 is 6.10 Å². The Morgan fingerprint density at radius 1 is 1.50 bits per heavy atom. The lowest BCUT2D eigenvalue weighted by Gasteiger charge is -1.99. The van der Waals surface area contributed by atoms with Gasteiger partial charge in [0.2, 0.25) is 0 Å². The Bertz CT molecular complexity index is 249. The van der Waals surface area contributed by atoms with Crippen LogP contribution < -0.4 is 0 Å². The maximum Gasteiger partial charge on any atom is 0.133 e. The number of aliphatic hydroxyl groups is 2. The number of ketones is 1. The van der Waals surface area contributed by atoms with E-state index in [9.17, 15) is 9.90 Å². The van der Waals surface area contributed by atoms with E-state index >= 15 is 0 Å². The Balaban J connectivity index is 2.10. The van der Waals surface area contributed by atoms with Crippen molar-refractivity contribution in [3.8, 4) is 0 Å². The first-order valence-corrected chi connectivity index (χ1v) is 5.81. The zero-order chi connectivity index (χ0) is 12.0. The summed E-state index contributed by atoms with van der Waals surface area (Å²) in [6.45, 7) is 1.93. The maximum atomic E-state index is 11.2. The summed E-state index contributed by atoms with van der Waals surface area (Å²) in [6.07, 6.45) is 4.99. The van der Waals surface area contributed by atoms with Gasteiger partial charge >= 0.3 is 0 Å². The second kappa shape index (κ2) is 6.78. The molecule has 1 rings (SSSR count). The van der Waals surface area contributed by atoms with Crippen LogP contribution in [0.25, 0.3) is 0 Å². The predicted octanol–water partition coefficient (Wildman–Crippen LogP) is 0.813. The van der Waals surface area contributed by atoms with Gasteiger partial charge in [-0.2, -0.15) is 0 Å². The zero-order valence-electron chi connectivity index (χ0n) is 9.63. The van der Waals surface area contributed by atoms with Crippen molar-refractivity contribution in [1.29, 1.82) is 0 Å². The van der Waals surface area contributed by atoms with Crippen LogP contribution in [0.2, 0.25) is 0 Å². The molecule has 0 aromatic rings. The summed E-state index contributed by atoms with van der Waals surface area (Å²) in [4.78, 5) is 11.2. The van der Waals surface area contributed by atoms with Crippen LogP contribution in [-0.2, 0) is 9.53 Å². The van der Waals surface area contributed by atoms with Gasteiger partial charge in [-0.15, -0.1) is 0 Å². The van der Waals surface area contributed by atoms with Gasteiger partial charge in [-0.05, 0) is 12.8 Å². The van der Waals surface area contributed by atoms with Crippen LogP contribution in [0.4, 0.5) is 0 Å². The molecular formula is C12H20O4. The van der Waals surface area contributed by atoms with Gasteiger partial charge in [0.25, 0.3) is 0 Å². The van der Waals surface area contributed by atoms with Gasteiger partial charge in [-0.1, -0.05) is 19.1 Å². The number of carbonyl (C=O) groups is 1. The summed E-state index contributed by atoms with van der Waals surface area (Å²) >= 11 is 0. The molecule has 3 atom stereocenters. The fourth-order valence-electron chi connectivity index (χ4n) is 1.60. The topological polar surface area (TPSA) is 70.1 Å². The van der Waals surface area contributed by atoms with Crippen LogP contribution >= 0.6 is 0 Å². The number of Topliss-reactive ketones (excluding diaryl/α,β-unsaturated/α-hetero) is 1. The molecule has 4 nitrogen and oxygen atoms in total. The standard InChI is InChI=1S/C12H20O4/c1-2-5-9(14)6-3-4-7-10(15)12-11(8-13)16-12/h4,7,10-13,15H,2-3,5-6,8H2,1H3/b7-4+/t10-,11-,12+/m0/s1. The average Bonchev–Trinajstić information content (AvgIpc) is 3.03. The Hall–Kier alpha value is -0.710. The summed E-state index contributed by atoms with van der Waals surface area (Å²) in [5, 5.41) is 18.3. The molecule has 1 saturated heterocycles. The van der Waals surface area contributed by atoms with Crippen molar-refractivity contribution >= 4 is 5.78 Å². The number of hydrogen-bond acceptors (Lipinski definition) is 4. The summed E-state index contributed by atoms with van der Waals surface area (Å²) in [5.41, 5.74) is 0. The fourth-order valence-corrected chi connectivity index (χ4v) is 1.60. The van der Waals surface area contributed by atoms with Gasteiger partial charge in [0.1, 0.15) is 24.1 Å². The number of allylic oxidation sites excluding steroid dienone is 1. The molecule has 92 valence electrons. The van der Waals surface area contributed by atoms with Crippen LogP contribution in [0.1, 0.15) is 32.6 Å². The van der Waals surface area contributed by atoms with E-state index in [2.05, 4.69) is 0 Å². The Morgan fingerprint density at radius 3 is 2.81 bits per heavy atom. The third-order valence-electron chi connectivity index (χ3n) is 2.59. The van der Waals surface area contributed by atoms with E-state index in [-0.39, 0.29) is 24.6 Å². The van der Waals surface area contributed by atoms with Crippen LogP contribution in [0.3, 0.4) is 0 Å². The zero-order valence-corrected chi connectivity index (χ0v) is 9.63. The van der Waals surface area contributed by atoms with E-state index in [0.717, 1.165) is 6.42 Å². The van der Waals surface area contributed by atoms with E-state index in [1.54, 1.807) is 12.2 Å². The van der Waals surface area contributed by atoms with Crippen molar-refractivity contribution in [3.63, 3.8) is 0 Å². The first-order chi connectivity index (χ1) is 7.69. The van der Waals surface area contributed by atoms with Crippen molar-refractivity contribution in [2.45, 2.75) is 50.9 Å². The summed E-state index contributed by atoms with van der Waals surface area (Å²) in [5.74, 6) is 0.262. The molecule has 2 N–H and O–H groups in total. The Labute approximate surface area is 95.9 Å². The van der Waals surface area contributed by atoms with Crippen LogP contribution in [0, 0.1) is 0 Å². The summed E-state index contributed by atoms with van der Waals surface area (Å²) in [7, 11) is 0. The molecule has 0 aromatic heterocycles. The van der Waals surface area contributed by atoms with Crippen LogP contribution in [-0.4, -0.2) is 40.9 Å². The van der Waals surface area contributed by atoms with Crippen LogP contribution in [0.5, 0.6) is 0 Å². The molecule has 16 heavy (non-hydrogen) atoms. The van der Waals surface area contributed by atoms with Crippen molar-refractivity contribution in [3.05, 3.63) is 12.2 Å². The van der Waals surface area contributed by atoms with Crippen molar-refractivity contribution in [2.75, 3.05) is 6.61 Å². The lowest BCUT2D eigenvalue weighted by atomic mass is 10.1. The first kappa shape index (κ1) is 13.4. The molecule has 1 aliphatic heterocycles. The van der Waals surface area contributed by atoms with Gasteiger partial charge in [0, 0.05) is 12.8 Å².